The van der Waals surface area contributed by atoms with Gasteiger partial charge in [-0.15, -0.1) is 11.3 Å². The maximum absolute atomic E-state index is 12.6. The molecule has 0 radical (unpaired) electrons. The van der Waals surface area contributed by atoms with Crippen molar-refractivity contribution in [2.45, 2.75) is 49.6 Å². The first-order valence-corrected chi connectivity index (χ1v) is 8.15. The zero-order chi connectivity index (χ0) is 12.3. The second-order valence-electron chi connectivity index (χ2n) is 5.13. The van der Waals surface area contributed by atoms with Crippen LogP contribution in [0.25, 0.3) is 10.2 Å². The topological polar surface area (TPSA) is 34.9 Å². The van der Waals surface area contributed by atoms with E-state index in [4.69, 9.17) is 4.98 Å². The van der Waals surface area contributed by atoms with Gasteiger partial charge in [0.25, 0.3) is 5.56 Å². The Bertz CT molecular complexity index is 701. The Morgan fingerprint density at radius 2 is 2.17 bits per heavy atom. The van der Waals surface area contributed by atoms with Crippen LogP contribution in [0.4, 0.5) is 0 Å². The van der Waals surface area contributed by atoms with Crippen molar-refractivity contribution in [1.29, 1.82) is 0 Å². The van der Waals surface area contributed by atoms with Crippen molar-refractivity contribution in [1.82, 2.24) is 9.55 Å². The summed E-state index contributed by atoms with van der Waals surface area (Å²) in [7, 11) is 0. The van der Waals surface area contributed by atoms with Crippen LogP contribution in [0.3, 0.4) is 0 Å². The van der Waals surface area contributed by atoms with E-state index in [-0.39, 0.29) is 5.56 Å². The summed E-state index contributed by atoms with van der Waals surface area (Å²) in [6.45, 7) is 2.97. The van der Waals surface area contributed by atoms with Gasteiger partial charge in [-0.1, -0.05) is 18.7 Å². The third-order valence-electron chi connectivity index (χ3n) is 3.79. The minimum atomic E-state index is 0.200. The van der Waals surface area contributed by atoms with Crippen LogP contribution in [0, 0.1) is 0 Å². The van der Waals surface area contributed by atoms with E-state index in [1.54, 1.807) is 23.1 Å². The van der Waals surface area contributed by atoms with Crippen molar-refractivity contribution in [3.63, 3.8) is 0 Å². The van der Waals surface area contributed by atoms with Gasteiger partial charge in [-0.05, 0) is 31.2 Å². The summed E-state index contributed by atoms with van der Waals surface area (Å²) in [5.41, 5.74) is 1.50. The van der Waals surface area contributed by atoms with E-state index >= 15 is 0 Å². The summed E-state index contributed by atoms with van der Waals surface area (Å²) < 4.78 is 1.87. The predicted molar refractivity (Wildman–Crippen MR) is 75.8 cm³/mol. The fourth-order valence-corrected chi connectivity index (χ4v) is 5.27. The molecule has 0 N–H and O–H groups in total. The van der Waals surface area contributed by atoms with E-state index < -0.39 is 0 Å². The van der Waals surface area contributed by atoms with E-state index in [0.29, 0.717) is 5.25 Å². The minimum Gasteiger partial charge on any atom is -0.286 e. The van der Waals surface area contributed by atoms with E-state index in [1.165, 1.54) is 23.3 Å². The highest BCUT2D eigenvalue weighted by atomic mass is 32.2. The summed E-state index contributed by atoms with van der Waals surface area (Å²) in [6.07, 6.45) is 4.67. The molecular formula is C13H14N2OS2. The van der Waals surface area contributed by atoms with E-state index in [2.05, 4.69) is 6.92 Å². The number of hydrogen-bond acceptors (Lipinski definition) is 4. The highest BCUT2D eigenvalue weighted by molar-refractivity contribution is 7.99. The van der Waals surface area contributed by atoms with Crippen LogP contribution in [0.1, 0.15) is 30.2 Å². The Morgan fingerprint density at radius 1 is 1.33 bits per heavy atom. The largest absolute Gasteiger partial charge is 0.286 e. The van der Waals surface area contributed by atoms with Gasteiger partial charge in [0.2, 0.25) is 0 Å². The van der Waals surface area contributed by atoms with Crippen LogP contribution in [0.2, 0.25) is 0 Å². The molecule has 1 atom stereocenters. The lowest BCUT2D eigenvalue weighted by molar-refractivity contribution is 0.628. The summed E-state index contributed by atoms with van der Waals surface area (Å²) in [4.78, 5) is 19.7. The van der Waals surface area contributed by atoms with Crippen LogP contribution in [0.15, 0.2) is 9.95 Å². The first-order valence-electron chi connectivity index (χ1n) is 6.46. The van der Waals surface area contributed by atoms with Gasteiger partial charge in [-0.25, -0.2) is 4.98 Å². The van der Waals surface area contributed by atoms with Crippen LogP contribution in [-0.4, -0.2) is 14.8 Å². The molecular weight excluding hydrogens is 264 g/mol. The molecule has 4 rings (SSSR count). The monoisotopic (exact) mass is 278 g/mol. The van der Waals surface area contributed by atoms with Crippen molar-refractivity contribution >= 4 is 33.3 Å². The Labute approximate surface area is 113 Å². The van der Waals surface area contributed by atoms with Crippen LogP contribution in [0.5, 0.6) is 0 Å². The molecule has 2 aromatic heterocycles. The van der Waals surface area contributed by atoms with Gasteiger partial charge < -0.3 is 0 Å². The van der Waals surface area contributed by atoms with Crippen molar-refractivity contribution in [3.05, 3.63) is 20.8 Å². The number of nitrogens with zero attached hydrogens (tertiary/aromatic N) is 2. The van der Waals surface area contributed by atoms with Crippen molar-refractivity contribution in [3.8, 4) is 0 Å². The summed E-state index contributed by atoms with van der Waals surface area (Å²) in [6, 6.07) is 0. The molecule has 3 nitrogen and oxygen atoms in total. The average molecular weight is 278 g/mol. The van der Waals surface area contributed by atoms with Gasteiger partial charge in [0.1, 0.15) is 4.83 Å². The Morgan fingerprint density at radius 3 is 3.06 bits per heavy atom. The van der Waals surface area contributed by atoms with Crippen molar-refractivity contribution in [2.75, 3.05) is 0 Å². The number of aryl methyl sites for hydroxylation is 2. The van der Waals surface area contributed by atoms with E-state index in [0.717, 1.165) is 34.8 Å². The molecule has 1 unspecified atom stereocenters. The lowest BCUT2D eigenvalue weighted by Crippen LogP contribution is -2.21. The Hall–Kier alpha value is -0.810. The number of thiophene rings is 1. The molecule has 1 aliphatic carbocycles. The van der Waals surface area contributed by atoms with Gasteiger partial charge in [-0.3, -0.25) is 9.36 Å². The molecule has 0 amide bonds. The molecule has 3 heterocycles. The van der Waals surface area contributed by atoms with Crippen molar-refractivity contribution in [2.24, 2.45) is 0 Å². The van der Waals surface area contributed by atoms with Gasteiger partial charge in [0.15, 0.2) is 5.16 Å². The molecule has 0 spiro atoms. The van der Waals surface area contributed by atoms with Crippen LogP contribution < -0.4 is 5.56 Å². The van der Waals surface area contributed by atoms with Gasteiger partial charge >= 0.3 is 0 Å². The number of aromatic nitrogens is 2. The zero-order valence-electron chi connectivity index (χ0n) is 10.2. The SMILES string of the molecule is CC1Cn2c(nc3sc4c(c3c2=O)CCCC4)S1. The lowest BCUT2D eigenvalue weighted by atomic mass is 9.97. The molecule has 18 heavy (non-hydrogen) atoms. The highest BCUT2D eigenvalue weighted by Gasteiger charge is 2.26. The molecule has 0 bridgehead atoms. The lowest BCUT2D eigenvalue weighted by Gasteiger charge is -2.10. The fraction of sp³-hybridized carbons (Fsp3) is 0.538. The fourth-order valence-electron chi connectivity index (χ4n) is 2.95. The second kappa shape index (κ2) is 3.84. The number of hydrogen-bond donors (Lipinski definition) is 0. The maximum Gasteiger partial charge on any atom is 0.263 e. The molecule has 5 heteroatoms. The third kappa shape index (κ3) is 1.43. The quantitative estimate of drug-likeness (QED) is 0.695. The molecule has 0 saturated carbocycles. The number of thioether (sulfide) groups is 1. The molecule has 0 fully saturated rings. The van der Waals surface area contributed by atoms with E-state index in [9.17, 15) is 4.79 Å². The number of rotatable bonds is 0. The van der Waals surface area contributed by atoms with Crippen LogP contribution >= 0.6 is 23.1 Å². The Balaban J connectivity index is 2.06. The molecule has 1 aliphatic heterocycles. The highest BCUT2D eigenvalue weighted by Crippen LogP contribution is 2.36. The standard InChI is InChI=1S/C13H14N2OS2/c1-7-6-15-12(16)10-8-4-2-3-5-9(8)18-11(10)14-13(15)17-7/h7H,2-6H2,1H3. The van der Waals surface area contributed by atoms with Crippen molar-refractivity contribution < 1.29 is 0 Å². The summed E-state index contributed by atoms with van der Waals surface area (Å²) in [5, 5.41) is 2.31. The van der Waals surface area contributed by atoms with Crippen LogP contribution in [-0.2, 0) is 19.4 Å². The summed E-state index contributed by atoms with van der Waals surface area (Å²) in [5.74, 6) is 0. The molecule has 94 valence electrons. The minimum absolute atomic E-state index is 0.200. The van der Waals surface area contributed by atoms with Gasteiger partial charge in [0, 0.05) is 16.7 Å². The Kier molecular flexibility index (Phi) is 2.36. The molecule has 0 saturated heterocycles. The second-order valence-corrected chi connectivity index (χ2v) is 7.62. The average Bonchev–Trinajstić information content (AvgIpc) is 2.89. The molecule has 0 aromatic carbocycles. The number of fused-ring (bicyclic) bond motifs is 4. The van der Waals surface area contributed by atoms with Gasteiger partial charge in [0.05, 0.1) is 5.39 Å². The van der Waals surface area contributed by atoms with E-state index in [1.807, 2.05) is 4.57 Å². The molecule has 2 aromatic rings. The molecule has 2 aliphatic rings. The zero-order valence-corrected chi connectivity index (χ0v) is 11.9. The van der Waals surface area contributed by atoms with Gasteiger partial charge in [-0.2, -0.15) is 0 Å². The predicted octanol–water partition coefficient (Wildman–Crippen LogP) is 2.83. The summed E-state index contributed by atoms with van der Waals surface area (Å²) >= 11 is 3.47. The normalized spacial score (nSPS) is 22.2. The first kappa shape index (κ1) is 11.1. The smallest absolute Gasteiger partial charge is 0.263 e. The third-order valence-corrected chi connectivity index (χ3v) is 6.05. The maximum atomic E-state index is 12.6. The first-order chi connectivity index (χ1) is 8.74.